The summed E-state index contributed by atoms with van der Waals surface area (Å²) in [6.45, 7) is 0. The highest BCUT2D eigenvalue weighted by Crippen LogP contribution is 2.39. The number of aromatic nitrogens is 5. The molecule has 0 spiro atoms. The Kier molecular flexibility index (Phi) is 9.10. The van der Waals surface area contributed by atoms with E-state index in [1.165, 1.54) is 21.9 Å². The second-order valence-corrected chi connectivity index (χ2v) is 15.0. The number of rotatable bonds is 8. The summed E-state index contributed by atoms with van der Waals surface area (Å²) in [6, 6.07) is 76.2. The highest BCUT2D eigenvalue weighted by Gasteiger charge is 2.17. The first-order chi connectivity index (χ1) is 30.2. The van der Waals surface area contributed by atoms with Crippen LogP contribution in [0.1, 0.15) is 0 Å². The highest BCUT2D eigenvalue weighted by atomic mass is 15.1. The van der Waals surface area contributed by atoms with E-state index in [1.807, 2.05) is 54.7 Å². The molecule has 0 N–H and O–H groups in total. The topological polar surface area (TPSA) is 56.5 Å². The fourth-order valence-electron chi connectivity index (χ4n) is 8.39. The summed E-state index contributed by atoms with van der Waals surface area (Å²) < 4.78 is 2.20. The number of fused-ring (bicyclic) bond motifs is 2. The summed E-state index contributed by atoms with van der Waals surface area (Å²) >= 11 is 0. The van der Waals surface area contributed by atoms with Gasteiger partial charge < -0.3 is 0 Å². The van der Waals surface area contributed by atoms with Crippen molar-refractivity contribution in [1.82, 2.24) is 24.5 Å². The molecule has 8 aromatic carbocycles. The van der Waals surface area contributed by atoms with Gasteiger partial charge in [0.15, 0.2) is 11.6 Å². The molecule has 5 nitrogen and oxygen atoms in total. The van der Waals surface area contributed by atoms with Gasteiger partial charge in [-0.2, -0.15) is 0 Å². The van der Waals surface area contributed by atoms with E-state index in [4.69, 9.17) is 15.0 Å². The standard InChI is InChI=1S/C56H37N5/c1-3-15-38(16-4-1)44-19-7-10-22-49(44)53-37-52(58-55(59-53)42-17-5-2-6-18-42)41-28-26-39(27-29-41)45-34-35-46(48-21-9-8-20-47(45)48)40-30-32-43(33-31-40)61-54-25-12-11-23-50(54)60-56(61)51-24-13-14-36-57-51/h1-37H. The van der Waals surface area contributed by atoms with Crippen molar-refractivity contribution in [3.05, 3.63) is 225 Å². The minimum Gasteiger partial charge on any atom is -0.291 e. The number of para-hydroxylation sites is 2. The van der Waals surface area contributed by atoms with Crippen LogP contribution in [0.3, 0.4) is 0 Å². The van der Waals surface area contributed by atoms with Crippen molar-refractivity contribution in [3.63, 3.8) is 0 Å². The number of hydrogen-bond acceptors (Lipinski definition) is 4. The van der Waals surface area contributed by atoms with Crippen LogP contribution in [0.4, 0.5) is 0 Å². The Bertz CT molecular complexity index is 3320. The zero-order valence-electron chi connectivity index (χ0n) is 33.1. The number of hydrogen-bond donors (Lipinski definition) is 0. The van der Waals surface area contributed by atoms with Crippen molar-refractivity contribution >= 4 is 21.8 Å². The molecule has 0 radical (unpaired) electrons. The summed E-state index contributed by atoms with van der Waals surface area (Å²) in [5.41, 5.74) is 15.6. The van der Waals surface area contributed by atoms with Crippen LogP contribution in [-0.2, 0) is 0 Å². The predicted octanol–water partition coefficient (Wildman–Crippen LogP) is 14.0. The predicted molar refractivity (Wildman–Crippen MR) is 250 cm³/mol. The Balaban J connectivity index is 0.951. The van der Waals surface area contributed by atoms with Gasteiger partial charge in [0.1, 0.15) is 5.69 Å². The lowest BCUT2D eigenvalue weighted by Crippen LogP contribution is -1.98. The maximum atomic E-state index is 5.15. The van der Waals surface area contributed by atoms with Crippen molar-refractivity contribution in [2.45, 2.75) is 0 Å². The van der Waals surface area contributed by atoms with Crippen molar-refractivity contribution in [2.24, 2.45) is 0 Å². The van der Waals surface area contributed by atoms with Crippen molar-refractivity contribution in [1.29, 1.82) is 0 Å². The number of benzene rings is 8. The van der Waals surface area contributed by atoms with Crippen LogP contribution in [0, 0.1) is 0 Å². The van der Waals surface area contributed by atoms with E-state index < -0.39 is 0 Å². The lowest BCUT2D eigenvalue weighted by Gasteiger charge is -2.15. The van der Waals surface area contributed by atoms with Crippen LogP contribution >= 0.6 is 0 Å². The van der Waals surface area contributed by atoms with E-state index in [-0.39, 0.29) is 0 Å². The normalized spacial score (nSPS) is 11.3. The van der Waals surface area contributed by atoms with Gasteiger partial charge in [-0.1, -0.05) is 176 Å². The van der Waals surface area contributed by atoms with Crippen molar-refractivity contribution < 1.29 is 0 Å². The van der Waals surface area contributed by atoms with Gasteiger partial charge in [0, 0.05) is 28.6 Å². The fourth-order valence-corrected chi connectivity index (χ4v) is 8.39. The maximum Gasteiger partial charge on any atom is 0.164 e. The first kappa shape index (κ1) is 35.8. The Labute approximate surface area is 354 Å². The van der Waals surface area contributed by atoms with Crippen LogP contribution in [0.2, 0.25) is 0 Å². The lowest BCUT2D eigenvalue weighted by atomic mass is 9.91. The summed E-state index contributed by atoms with van der Waals surface area (Å²) in [4.78, 5) is 19.9. The number of pyridine rings is 1. The summed E-state index contributed by atoms with van der Waals surface area (Å²) in [7, 11) is 0. The molecule has 0 aliphatic carbocycles. The van der Waals surface area contributed by atoms with Crippen molar-refractivity contribution in [2.75, 3.05) is 0 Å². The van der Waals surface area contributed by atoms with E-state index in [0.717, 1.165) is 78.6 Å². The summed E-state index contributed by atoms with van der Waals surface area (Å²) in [5, 5.41) is 2.40. The van der Waals surface area contributed by atoms with Crippen LogP contribution in [-0.4, -0.2) is 24.5 Å². The van der Waals surface area contributed by atoms with E-state index in [9.17, 15) is 0 Å². The van der Waals surface area contributed by atoms with Crippen LogP contribution in [0.15, 0.2) is 225 Å². The summed E-state index contributed by atoms with van der Waals surface area (Å²) in [6.07, 6.45) is 1.81. The molecule has 11 rings (SSSR count). The average molecular weight is 780 g/mol. The molecule has 3 aromatic heterocycles. The molecule has 3 heterocycles. The van der Waals surface area contributed by atoms with Gasteiger partial charge >= 0.3 is 0 Å². The van der Waals surface area contributed by atoms with Gasteiger partial charge in [-0.05, 0) is 86.6 Å². The number of imidazole rings is 1. The first-order valence-electron chi connectivity index (χ1n) is 20.5. The van der Waals surface area contributed by atoms with Gasteiger partial charge in [-0.15, -0.1) is 0 Å². The monoisotopic (exact) mass is 779 g/mol. The molecule has 0 aliphatic rings. The van der Waals surface area contributed by atoms with E-state index in [0.29, 0.717) is 5.82 Å². The van der Waals surface area contributed by atoms with Gasteiger partial charge in [-0.25, -0.2) is 15.0 Å². The molecule has 0 atom stereocenters. The van der Waals surface area contributed by atoms with Gasteiger partial charge in [0.2, 0.25) is 0 Å². The molecule has 0 aliphatic heterocycles. The summed E-state index contributed by atoms with van der Waals surface area (Å²) in [5.74, 6) is 1.52. The van der Waals surface area contributed by atoms with Crippen molar-refractivity contribution in [3.8, 4) is 84.5 Å². The molecular weight excluding hydrogens is 743 g/mol. The number of nitrogens with zero attached hydrogens (tertiary/aromatic N) is 5. The Morgan fingerprint density at radius 1 is 0.328 bits per heavy atom. The first-order valence-corrected chi connectivity index (χ1v) is 20.5. The average Bonchev–Trinajstić information content (AvgIpc) is 3.74. The second-order valence-electron chi connectivity index (χ2n) is 15.0. The Morgan fingerprint density at radius 3 is 1.56 bits per heavy atom. The molecule has 11 aromatic rings. The van der Waals surface area contributed by atoms with Gasteiger partial charge in [0.25, 0.3) is 0 Å². The minimum absolute atomic E-state index is 0.696. The van der Waals surface area contributed by atoms with Crippen LogP contribution < -0.4 is 0 Å². The smallest absolute Gasteiger partial charge is 0.164 e. The minimum atomic E-state index is 0.696. The Hall–Kier alpha value is -8.28. The second kappa shape index (κ2) is 15.5. The quantitative estimate of drug-likeness (QED) is 0.154. The Morgan fingerprint density at radius 2 is 0.869 bits per heavy atom. The van der Waals surface area contributed by atoms with Crippen LogP contribution in [0.5, 0.6) is 0 Å². The maximum absolute atomic E-state index is 5.15. The largest absolute Gasteiger partial charge is 0.291 e. The molecule has 0 saturated carbocycles. The third-order valence-corrected chi connectivity index (χ3v) is 11.4. The molecule has 5 heteroatoms. The molecule has 286 valence electrons. The molecular formula is C56H37N5. The van der Waals surface area contributed by atoms with E-state index in [1.54, 1.807) is 0 Å². The molecule has 0 amide bonds. The van der Waals surface area contributed by atoms with Crippen LogP contribution in [0.25, 0.3) is 106 Å². The zero-order chi connectivity index (χ0) is 40.5. The molecule has 0 fully saturated rings. The van der Waals surface area contributed by atoms with E-state index >= 15 is 0 Å². The third kappa shape index (κ3) is 6.74. The zero-order valence-corrected chi connectivity index (χ0v) is 33.1. The van der Waals surface area contributed by atoms with Gasteiger partial charge in [0.05, 0.1) is 22.4 Å². The molecule has 61 heavy (non-hydrogen) atoms. The highest BCUT2D eigenvalue weighted by molar-refractivity contribution is 6.05. The third-order valence-electron chi connectivity index (χ3n) is 11.4. The molecule has 0 unspecified atom stereocenters. The molecule has 0 saturated heterocycles. The van der Waals surface area contributed by atoms with E-state index in [2.05, 4.69) is 179 Å². The van der Waals surface area contributed by atoms with Gasteiger partial charge in [-0.3, -0.25) is 9.55 Å². The SMILES string of the molecule is c1ccc(-c2nc(-c3ccc(-c4ccc(-c5ccc(-n6c(-c7ccccn7)nc7ccccc76)cc5)c5ccccc45)cc3)cc(-c3ccccc3-c3ccccc3)n2)cc1. The fraction of sp³-hybridized carbons (Fsp3) is 0. The lowest BCUT2D eigenvalue weighted by molar-refractivity contribution is 1.08. The molecule has 0 bridgehead atoms.